The van der Waals surface area contributed by atoms with E-state index in [0.717, 1.165) is 18.6 Å². The number of oxime groups is 1. The standard InChI is InChI=1S/C7H11NO2/c1-10-8-6-3-2-4-7(9)5-6/h2-5H2,1H3. The van der Waals surface area contributed by atoms with E-state index >= 15 is 0 Å². The van der Waals surface area contributed by atoms with Crippen molar-refractivity contribution in [2.24, 2.45) is 5.16 Å². The molecule has 0 aromatic heterocycles. The lowest BCUT2D eigenvalue weighted by Crippen LogP contribution is -2.14. The Hall–Kier alpha value is -0.860. The SMILES string of the molecule is CON=C1CCCC(=O)C1. The van der Waals surface area contributed by atoms with Crippen molar-refractivity contribution >= 4 is 11.5 Å². The van der Waals surface area contributed by atoms with E-state index in [0.29, 0.717) is 12.8 Å². The van der Waals surface area contributed by atoms with Crippen molar-refractivity contribution < 1.29 is 9.63 Å². The lowest BCUT2D eigenvalue weighted by atomic mass is 9.98. The summed E-state index contributed by atoms with van der Waals surface area (Å²) in [5.74, 6) is 0.280. The fraction of sp³-hybridized carbons (Fsp3) is 0.714. The molecular weight excluding hydrogens is 130 g/mol. The summed E-state index contributed by atoms with van der Waals surface area (Å²) in [6.45, 7) is 0. The molecule has 0 spiro atoms. The molecule has 10 heavy (non-hydrogen) atoms. The van der Waals surface area contributed by atoms with Crippen LogP contribution in [0.3, 0.4) is 0 Å². The third kappa shape index (κ3) is 1.83. The van der Waals surface area contributed by atoms with Gasteiger partial charge in [-0.3, -0.25) is 4.79 Å². The van der Waals surface area contributed by atoms with E-state index in [1.807, 2.05) is 0 Å². The van der Waals surface area contributed by atoms with Crippen LogP contribution in [0.5, 0.6) is 0 Å². The Balaban J connectivity index is 2.47. The molecule has 0 aromatic carbocycles. The zero-order valence-corrected chi connectivity index (χ0v) is 6.09. The zero-order chi connectivity index (χ0) is 7.40. The monoisotopic (exact) mass is 141 g/mol. The van der Waals surface area contributed by atoms with Gasteiger partial charge in [0.25, 0.3) is 0 Å². The molecule has 1 fully saturated rings. The maximum atomic E-state index is 10.8. The van der Waals surface area contributed by atoms with Gasteiger partial charge in [0.1, 0.15) is 12.9 Å². The third-order valence-electron chi connectivity index (χ3n) is 1.54. The van der Waals surface area contributed by atoms with Crippen LogP contribution < -0.4 is 0 Å². The summed E-state index contributed by atoms with van der Waals surface area (Å²) in [6.07, 6.45) is 3.05. The summed E-state index contributed by atoms with van der Waals surface area (Å²) >= 11 is 0. The van der Waals surface area contributed by atoms with Gasteiger partial charge in [0, 0.05) is 12.8 Å². The van der Waals surface area contributed by atoms with E-state index in [2.05, 4.69) is 9.99 Å². The first kappa shape index (κ1) is 7.25. The molecule has 1 aliphatic carbocycles. The first-order valence-electron chi connectivity index (χ1n) is 3.43. The van der Waals surface area contributed by atoms with Gasteiger partial charge >= 0.3 is 0 Å². The van der Waals surface area contributed by atoms with E-state index in [9.17, 15) is 4.79 Å². The molecule has 0 saturated heterocycles. The molecule has 1 saturated carbocycles. The fourth-order valence-corrected chi connectivity index (χ4v) is 1.10. The molecule has 1 aliphatic rings. The molecule has 0 unspecified atom stereocenters. The highest BCUT2D eigenvalue weighted by atomic mass is 16.6. The Morgan fingerprint density at radius 3 is 2.90 bits per heavy atom. The minimum atomic E-state index is 0.280. The maximum Gasteiger partial charge on any atom is 0.138 e. The number of hydrogen-bond acceptors (Lipinski definition) is 3. The van der Waals surface area contributed by atoms with Gasteiger partial charge in [0.05, 0.1) is 5.71 Å². The lowest BCUT2D eigenvalue weighted by molar-refractivity contribution is -0.118. The number of Topliss-reactive ketones (excluding diaryl/α,β-unsaturated/α-hetero) is 1. The molecule has 0 amide bonds. The number of nitrogens with zero attached hydrogens (tertiary/aromatic N) is 1. The molecule has 1 rings (SSSR count). The number of ketones is 1. The largest absolute Gasteiger partial charge is 0.399 e. The Kier molecular flexibility index (Phi) is 2.42. The molecule has 0 aliphatic heterocycles. The summed E-state index contributed by atoms with van der Waals surface area (Å²) in [7, 11) is 1.51. The normalized spacial score (nSPS) is 23.3. The van der Waals surface area contributed by atoms with Gasteiger partial charge in [-0.1, -0.05) is 5.16 Å². The zero-order valence-electron chi connectivity index (χ0n) is 6.09. The molecule has 0 bridgehead atoms. The Bertz CT molecular complexity index is 163. The molecular formula is C7H11NO2. The topological polar surface area (TPSA) is 38.7 Å². The van der Waals surface area contributed by atoms with Gasteiger partial charge in [-0.2, -0.15) is 0 Å². The van der Waals surface area contributed by atoms with Crippen LogP contribution in [0, 0.1) is 0 Å². The second-order valence-corrected chi connectivity index (χ2v) is 2.41. The first-order valence-corrected chi connectivity index (χ1v) is 3.43. The van der Waals surface area contributed by atoms with Gasteiger partial charge in [-0.05, 0) is 12.8 Å². The number of rotatable bonds is 1. The van der Waals surface area contributed by atoms with E-state index in [4.69, 9.17) is 0 Å². The molecule has 0 atom stereocenters. The van der Waals surface area contributed by atoms with Crippen LogP contribution >= 0.6 is 0 Å². The average Bonchev–Trinajstić information content (AvgIpc) is 1.88. The van der Waals surface area contributed by atoms with E-state index in [1.54, 1.807) is 0 Å². The van der Waals surface area contributed by atoms with Crippen molar-refractivity contribution in [3.05, 3.63) is 0 Å². The molecule has 0 N–H and O–H groups in total. The van der Waals surface area contributed by atoms with Crippen LogP contribution in [0.4, 0.5) is 0 Å². The summed E-state index contributed by atoms with van der Waals surface area (Å²) in [6, 6.07) is 0. The van der Waals surface area contributed by atoms with Gasteiger partial charge in [0.15, 0.2) is 0 Å². The molecule has 3 heteroatoms. The molecule has 0 radical (unpaired) electrons. The Morgan fingerprint density at radius 2 is 2.30 bits per heavy atom. The lowest BCUT2D eigenvalue weighted by Gasteiger charge is -2.09. The van der Waals surface area contributed by atoms with Gasteiger partial charge < -0.3 is 4.84 Å². The van der Waals surface area contributed by atoms with E-state index in [-0.39, 0.29) is 5.78 Å². The van der Waals surface area contributed by atoms with Crippen LogP contribution in [0.2, 0.25) is 0 Å². The first-order chi connectivity index (χ1) is 4.83. The highest BCUT2D eigenvalue weighted by Gasteiger charge is 2.14. The highest BCUT2D eigenvalue weighted by molar-refractivity contribution is 6.03. The van der Waals surface area contributed by atoms with Gasteiger partial charge in [0.2, 0.25) is 0 Å². The summed E-state index contributed by atoms with van der Waals surface area (Å²) in [4.78, 5) is 15.4. The second-order valence-electron chi connectivity index (χ2n) is 2.41. The minimum absolute atomic E-state index is 0.280. The number of carbonyl (C=O) groups excluding carboxylic acids is 1. The number of carbonyl (C=O) groups is 1. The predicted molar refractivity (Wildman–Crippen MR) is 37.9 cm³/mol. The highest BCUT2D eigenvalue weighted by Crippen LogP contribution is 2.11. The minimum Gasteiger partial charge on any atom is -0.399 e. The van der Waals surface area contributed by atoms with Crippen LogP contribution in [0.25, 0.3) is 0 Å². The summed E-state index contributed by atoms with van der Waals surface area (Å²) < 4.78 is 0. The summed E-state index contributed by atoms with van der Waals surface area (Å²) in [5, 5.41) is 3.73. The maximum absolute atomic E-state index is 10.8. The van der Waals surface area contributed by atoms with Crippen molar-refractivity contribution in [3.8, 4) is 0 Å². The van der Waals surface area contributed by atoms with Gasteiger partial charge in [-0.15, -0.1) is 0 Å². The van der Waals surface area contributed by atoms with Crippen molar-refractivity contribution in [3.63, 3.8) is 0 Å². The predicted octanol–water partition coefficient (Wildman–Crippen LogP) is 1.13. The summed E-state index contributed by atoms with van der Waals surface area (Å²) in [5.41, 5.74) is 0.888. The third-order valence-corrected chi connectivity index (χ3v) is 1.54. The van der Waals surface area contributed by atoms with Crippen molar-refractivity contribution in [2.75, 3.05) is 7.11 Å². The average molecular weight is 141 g/mol. The van der Waals surface area contributed by atoms with Crippen LogP contribution in [0.1, 0.15) is 25.7 Å². The van der Waals surface area contributed by atoms with Crippen molar-refractivity contribution in [2.45, 2.75) is 25.7 Å². The molecule has 0 aromatic rings. The smallest absolute Gasteiger partial charge is 0.138 e. The quantitative estimate of drug-likeness (QED) is 0.513. The van der Waals surface area contributed by atoms with Crippen LogP contribution in [-0.2, 0) is 9.63 Å². The Morgan fingerprint density at radius 1 is 1.50 bits per heavy atom. The Labute approximate surface area is 60.0 Å². The second kappa shape index (κ2) is 3.34. The van der Waals surface area contributed by atoms with Crippen molar-refractivity contribution in [1.82, 2.24) is 0 Å². The van der Waals surface area contributed by atoms with Crippen LogP contribution in [0.15, 0.2) is 5.16 Å². The van der Waals surface area contributed by atoms with Crippen molar-refractivity contribution in [1.29, 1.82) is 0 Å². The fourth-order valence-electron chi connectivity index (χ4n) is 1.10. The molecule has 0 heterocycles. The van der Waals surface area contributed by atoms with Crippen LogP contribution in [-0.4, -0.2) is 18.6 Å². The van der Waals surface area contributed by atoms with Gasteiger partial charge in [-0.25, -0.2) is 0 Å². The number of hydrogen-bond donors (Lipinski definition) is 0. The molecule has 3 nitrogen and oxygen atoms in total. The van der Waals surface area contributed by atoms with E-state index < -0.39 is 0 Å². The molecule has 56 valence electrons. The van der Waals surface area contributed by atoms with E-state index in [1.165, 1.54) is 7.11 Å².